The maximum absolute atomic E-state index is 12.2. The number of piperidine rings is 1. The zero-order valence-corrected chi connectivity index (χ0v) is 12.8. The minimum atomic E-state index is -2.99. The Kier molecular flexibility index (Phi) is 3.86. The van der Waals surface area contributed by atoms with E-state index in [4.69, 9.17) is 0 Å². The van der Waals surface area contributed by atoms with Crippen LogP contribution in [0.5, 0.6) is 0 Å². The predicted octanol–water partition coefficient (Wildman–Crippen LogP) is 1.96. The van der Waals surface area contributed by atoms with E-state index < -0.39 is 10.0 Å². The number of nitrogens with zero attached hydrogens (tertiary/aromatic N) is 3. The standard InChI is InChI=1S/C14H23N3O2S/c1-2-9-17-14(5-8-15-17)12-6-10-16(11-7-12)20(18,19)13-3-4-13/h5,8,12-13H,2-4,6-7,9-11H2,1H3. The molecule has 2 aliphatic rings. The molecule has 0 N–H and O–H groups in total. The molecule has 5 nitrogen and oxygen atoms in total. The van der Waals surface area contributed by atoms with Gasteiger partial charge in [-0.1, -0.05) is 6.92 Å². The van der Waals surface area contributed by atoms with E-state index >= 15 is 0 Å². The Hall–Kier alpha value is -0.880. The molecular weight excluding hydrogens is 274 g/mol. The van der Waals surface area contributed by atoms with E-state index in [0.717, 1.165) is 38.6 Å². The minimum absolute atomic E-state index is 0.0790. The van der Waals surface area contributed by atoms with Crippen LogP contribution in [0.1, 0.15) is 50.6 Å². The van der Waals surface area contributed by atoms with Crippen molar-refractivity contribution in [3.63, 3.8) is 0 Å². The molecule has 1 saturated heterocycles. The van der Waals surface area contributed by atoms with Crippen LogP contribution in [0, 0.1) is 0 Å². The number of aromatic nitrogens is 2. The van der Waals surface area contributed by atoms with Gasteiger partial charge in [-0.2, -0.15) is 5.10 Å². The molecule has 0 bridgehead atoms. The second-order valence-corrected chi connectivity index (χ2v) is 8.11. The van der Waals surface area contributed by atoms with E-state index in [0.29, 0.717) is 19.0 Å². The van der Waals surface area contributed by atoms with Gasteiger partial charge in [0, 0.05) is 37.4 Å². The van der Waals surface area contributed by atoms with Gasteiger partial charge in [0.1, 0.15) is 0 Å². The quantitative estimate of drug-likeness (QED) is 0.835. The van der Waals surface area contributed by atoms with Gasteiger partial charge in [0.05, 0.1) is 5.25 Å². The number of hydrogen-bond donors (Lipinski definition) is 0. The normalized spacial score (nSPS) is 22.2. The van der Waals surface area contributed by atoms with E-state index in [1.165, 1.54) is 5.69 Å². The number of sulfonamides is 1. The molecule has 1 saturated carbocycles. The zero-order valence-electron chi connectivity index (χ0n) is 12.0. The smallest absolute Gasteiger partial charge is 0.216 e. The average molecular weight is 297 g/mol. The van der Waals surface area contributed by atoms with E-state index in [1.54, 1.807) is 4.31 Å². The molecule has 20 heavy (non-hydrogen) atoms. The first kappa shape index (κ1) is 14.1. The van der Waals surface area contributed by atoms with Crippen LogP contribution in [0.4, 0.5) is 0 Å². The largest absolute Gasteiger partial charge is 0.269 e. The number of aryl methyl sites for hydroxylation is 1. The van der Waals surface area contributed by atoms with Gasteiger partial charge in [-0.05, 0) is 38.2 Å². The summed E-state index contributed by atoms with van der Waals surface area (Å²) < 4.78 is 28.2. The molecule has 3 rings (SSSR count). The van der Waals surface area contributed by atoms with E-state index in [-0.39, 0.29) is 5.25 Å². The molecule has 0 unspecified atom stereocenters. The fourth-order valence-electron chi connectivity index (χ4n) is 3.07. The molecule has 1 aliphatic heterocycles. The summed E-state index contributed by atoms with van der Waals surface area (Å²) in [7, 11) is -2.99. The molecule has 0 aromatic carbocycles. The van der Waals surface area contributed by atoms with Crippen LogP contribution in [-0.4, -0.2) is 40.8 Å². The fourth-order valence-corrected chi connectivity index (χ4v) is 4.94. The Bertz CT molecular complexity index is 555. The molecule has 0 spiro atoms. The lowest BCUT2D eigenvalue weighted by molar-refractivity contribution is 0.310. The summed E-state index contributed by atoms with van der Waals surface area (Å²) in [6.45, 7) is 4.43. The molecule has 0 amide bonds. The van der Waals surface area contributed by atoms with Crippen LogP contribution >= 0.6 is 0 Å². The highest BCUT2D eigenvalue weighted by Crippen LogP contribution is 2.35. The highest BCUT2D eigenvalue weighted by atomic mass is 32.2. The summed E-state index contributed by atoms with van der Waals surface area (Å²) in [5, 5.41) is 4.29. The lowest BCUT2D eigenvalue weighted by Crippen LogP contribution is -2.40. The Morgan fingerprint density at radius 3 is 2.55 bits per heavy atom. The summed E-state index contributed by atoms with van der Waals surface area (Å²) in [6, 6.07) is 2.09. The molecule has 6 heteroatoms. The van der Waals surface area contributed by atoms with Crippen LogP contribution < -0.4 is 0 Å². The van der Waals surface area contributed by atoms with Crippen molar-refractivity contribution in [2.24, 2.45) is 0 Å². The highest BCUT2D eigenvalue weighted by molar-refractivity contribution is 7.90. The van der Waals surface area contributed by atoms with Crippen LogP contribution in [0.25, 0.3) is 0 Å². The SMILES string of the molecule is CCCn1nccc1C1CCN(S(=O)(=O)C2CC2)CC1. The van der Waals surface area contributed by atoms with Crippen molar-refractivity contribution in [2.45, 2.75) is 56.7 Å². The number of hydrogen-bond acceptors (Lipinski definition) is 3. The third-order valence-electron chi connectivity index (χ3n) is 4.36. The second kappa shape index (κ2) is 5.48. The summed E-state index contributed by atoms with van der Waals surface area (Å²) >= 11 is 0. The maximum atomic E-state index is 12.2. The van der Waals surface area contributed by atoms with Gasteiger partial charge in [0.25, 0.3) is 0 Å². The van der Waals surface area contributed by atoms with E-state index in [1.807, 2.05) is 6.20 Å². The first-order chi connectivity index (χ1) is 9.63. The summed E-state index contributed by atoms with van der Waals surface area (Å²) in [6.07, 6.45) is 6.47. The first-order valence-corrected chi connectivity index (χ1v) is 9.14. The summed E-state index contributed by atoms with van der Waals surface area (Å²) in [4.78, 5) is 0. The molecule has 2 heterocycles. The highest BCUT2D eigenvalue weighted by Gasteiger charge is 2.41. The van der Waals surface area contributed by atoms with E-state index in [2.05, 4.69) is 22.8 Å². The van der Waals surface area contributed by atoms with Gasteiger partial charge in [0.2, 0.25) is 10.0 Å². The third kappa shape index (κ3) is 2.63. The van der Waals surface area contributed by atoms with Crippen LogP contribution in [0.2, 0.25) is 0 Å². The lowest BCUT2D eigenvalue weighted by Gasteiger charge is -2.31. The van der Waals surface area contributed by atoms with Gasteiger partial charge in [0.15, 0.2) is 0 Å². The predicted molar refractivity (Wildman–Crippen MR) is 78.0 cm³/mol. The van der Waals surface area contributed by atoms with Gasteiger partial charge < -0.3 is 0 Å². The molecular formula is C14H23N3O2S. The minimum Gasteiger partial charge on any atom is -0.269 e. The lowest BCUT2D eigenvalue weighted by atomic mass is 9.94. The van der Waals surface area contributed by atoms with E-state index in [9.17, 15) is 8.42 Å². The van der Waals surface area contributed by atoms with Crippen molar-refractivity contribution >= 4 is 10.0 Å². The third-order valence-corrected chi connectivity index (χ3v) is 6.76. The van der Waals surface area contributed by atoms with Crippen molar-refractivity contribution in [1.82, 2.24) is 14.1 Å². The van der Waals surface area contributed by atoms with Crippen molar-refractivity contribution in [1.29, 1.82) is 0 Å². The Morgan fingerprint density at radius 2 is 1.95 bits per heavy atom. The van der Waals surface area contributed by atoms with Crippen LogP contribution in [0.15, 0.2) is 12.3 Å². The molecule has 1 aromatic heterocycles. The molecule has 0 radical (unpaired) electrons. The summed E-state index contributed by atoms with van der Waals surface area (Å²) in [5.41, 5.74) is 1.27. The van der Waals surface area contributed by atoms with Crippen molar-refractivity contribution < 1.29 is 8.42 Å². The average Bonchev–Trinajstić information content (AvgIpc) is 3.21. The van der Waals surface area contributed by atoms with Crippen molar-refractivity contribution in [2.75, 3.05) is 13.1 Å². The van der Waals surface area contributed by atoms with Gasteiger partial charge in [-0.25, -0.2) is 12.7 Å². The first-order valence-electron chi connectivity index (χ1n) is 7.63. The monoisotopic (exact) mass is 297 g/mol. The van der Waals surface area contributed by atoms with Crippen molar-refractivity contribution in [3.05, 3.63) is 18.0 Å². The Morgan fingerprint density at radius 1 is 1.25 bits per heavy atom. The fraction of sp³-hybridized carbons (Fsp3) is 0.786. The molecule has 112 valence electrons. The van der Waals surface area contributed by atoms with Crippen LogP contribution in [-0.2, 0) is 16.6 Å². The van der Waals surface area contributed by atoms with Crippen LogP contribution in [0.3, 0.4) is 0 Å². The maximum Gasteiger partial charge on any atom is 0.216 e. The molecule has 2 fully saturated rings. The molecule has 1 aromatic rings. The molecule has 0 atom stereocenters. The zero-order chi connectivity index (χ0) is 14.2. The van der Waals surface area contributed by atoms with Gasteiger partial charge in [-0.15, -0.1) is 0 Å². The number of rotatable bonds is 5. The van der Waals surface area contributed by atoms with Gasteiger partial charge >= 0.3 is 0 Å². The Labute approximate surface area is 121 Å². The van der Waals surface area contributed by atoms with Gasteiger partial charge in [-0.3, -0.25) is 4.68 Å². The molecule has 1 aliphatic carbocycles. The Balaban J connectivity index is 1.65. The van der Waals surface area contributed by atoms with Crippen molar-refractivity contribution in [3.8, 4) is 0 Å². The summed E-state index contributed by atoms with van der Waals surface area (Å²) in [5.74, 6) is 0.453. The second-order valence-electron chi connectivity index (χ2n) is 5.90. The topological polar surface area (TPSA) is 55.2 Å².